The monoisotopic (exact) mass is 238 g/mol. The Bertz CT molecular complexity index is 458. The molecule has 3 N–H and O–H groups in total. The number of nitrogens with one attached hydrogen (secondary N) is 1. The van der Waals surface area contributed by atoms with Crippen molar-refractivity contribution in [3.8, 4) is 0 Å². The molecule has 0 atom stereocenters. The summed E-state index contributed by atoms with van der Waals surface area (Å²) in [4.78, 5) is 4.51. The third-order valence-corrected chi connectivity index (χ3v) is 3.11. The van der Waals surface area contributed by atoms with Gasteiger partial charge in [0.1, 0.15) is 12.1 Å². The standard InChI is InChI=1S/C10H11FN4S/c11-8-3-1-2-7(4-5-12)9(8)16-10-13-6-14-15-10/h1-3,6H,4-5,12H2,(H,13,14,15). The number of hydrogen-bond donors (Lipinski definition) is 2. The number of aromatic amines is 1. The molecule has 0 aliphatic carbocycles. The van der Waals surface area contributed by atoms with E-state index in [1.54, 1.807) is 6.07 Å². The molecule has 16 heavy (non-hydrogen) atoms. The second-order valence-corrected chi connectivity index (χ2v) is 4.16. The zero-order valence-electron chi connectivity index (χ0n) is 8.48. The average Bonchev–Trinajstić information content (AvgIpc) is 2.76. The quantitative estimate of drug-likeness (QED) is 0.849. The number of nitrogens with zero attached hydrogens (tertiary/aromatic N) is 2. The Labute approximate surface area is 96.5 Å². The summed E-state index contributed by atoms with van der Waals surface area (Å²) in [5, 5.41) is 6.98. The van der Waals surface area contributed by atoms with Gasteiger partial charge in [-0.15, -0.1) is 0 Å². The van der Waals surface area contributed by atoms with Crippen molar-refractivity contribution in [2.45, 2.75) is 16.5 Å². The lowest BCUT2D eigenvalue weighted by Crippen LogP contribution is -2.04. The van der Waals surface area contributed by atoms with Gasteiger partial charge in [0.2, 0.25) is 0 Å². The third-order valence-electron chi connectivity index (χ3n) is 2.05. The maximum absolute atomic E-state index is 13.6. The van der Waals surface area contributed by atoms with Gasteiger partial charge in [0.15, 0.2) is 5.16 Å². The molecule has 0 radical (unpaired) electrons. The Morgan fingerprint density at radius 2 is 2.31 bits per heavy atom. The normalized spacial score (nSPS) is 10.6. The first-order chi connectivity index (χ1) is 7.81. The van der Waals surface area contributed by atoms with E-state index in [1.165, 1.54) is 24.2 Å². The van der Waals surface area contributed by atoms with E-state index in [9.17, 15) is 4.39 Å². The fraction of sp³-hybridized carbons (Fsp3) is 0.200. The zero-order valence-corrected chi connectivity index (χ0v) is 9.30. The van der Waals surface area contributed by atoms with Crippen molar-refractivity contribution in [3.63, 3.8) is 0 Å². The molecule has 1 aromatic carbocycles. The lowest BCUT2D eigenvalue weighted by atomic mass is 10.1. The number of nitrogens with two attached hydrogens (primary N) is 1. The Morgan fingerprint density at radius 3 is 3.00 bits per heavy atom. The molecule has 4 nitrogen and oxygen atoms in total. The predicted molar refractivity (Wildman–Crippen MR) is 59.7 cm³/mol. The van der Waals surface area contributed by atoms with Crippen LogP contribution in [0.3, 0.4) is 0 Å². The molecular weight excluding hydrogens is 227 g/mol. The van der Waals surface area contributed by atoms with E-state index in [2.05, 4.69) is 15.2 Å². The van der Waals surface area contributed by atoms with Crippen molar-refractivity contribution in [3.05, 3.63) is 35.9 Å². The molecule has 2 rings (SSSR count). The molecule has 6 heteroatoms. The Balaban J connectivity index is 2.30. The number of hydrogen-bond acceptors (Lipinski definition) is 4. The second-order valence-electron chi connectivity index (χ2n) is 3.16. The molecule has 0 fully saturated rings. The van der Waals surface area contributed by atoms with Gasteiger partial charge in [0.25, 0.3) is 0 Å². The van der Waals surface area contributed by atoms with E-state index in [1.807, 2.05) is 6.07 Å². The maximum atomic E-state index is 13.6. The fourth-order valence-electron chi connectivity index (χ4n) is 1.36. The minimum atomic E-state index is -0.257. The van der Waals surface area contributed by atoms with Crippen LogP contribution < -0.4 is 5.73 Å². The fourth-order valence-corrected chi connectivity index (χ4v) is 2.22. The number of halogens is 1. The van der Waals surface area contributed by atoms with Gasteiger partial charge in [-0.3, -0.25) is 5.10 Å². The van der Waals surface area contributed by atoms with Crippen molar-refractivity contribution in [1.82, 2.24) is 15.2 Å². The number of benzene rings is 1. The van der Waals surface area contributed by atoms with Crippen LogP contribution in [0.5, 0.6) is 0 Å². The van der Waals surface area contributed by atoms with Crippen LogP contribution in [0.15, 0.2) is 34.6 Å². The molecule has 0 aliphatic heterocycles. The Hall–Kier alpha value is -1.40. The van der Waals surface area contributed by atoms with Gasteiger partial charge in [0.05, 0.1) is 4.90 Å². The molecule has 1 heterocycles. The first-order valence-corrected chi connectivity index (χ1v) is 5.63. The van der Waals surface area contributed by atoms with E-state index in [0.717, 1.165) is 5.56 Å². The molecule has 84 valence electrons. The molecule has 1 aromatic heterocycles. The second kappa shape index (κ2) is 5.09. The highest BCUT2D eigenvalue weighted by molar-refractivity contribution is 7.99. The van der Waals surface area contributed by atoms with Crippen LogP contribution >= 0.6 is 11.8 Å². The van der Waals surface area contributed by atoms with Crippen molar-refractivity contribution in [2.24, 2.45) is 5.73 Å². The van der Waals surface area contributed by atoms with Gasteiger partial charge in [0, 0.05) is 0 Å². The van der Waals surface area contributed by atoms with E-state index in [4.69, 9.17) is 5.73 Å². The number of rotatable bonds is 4. The smallest absolute Gasteiger partial charge is 0.188 e. The highest BCUT2D eigenvalue weighted by Crippen LogP contribution is 2.30. The SMILES string of the molecule is NCCc1cccc(F)c1Sc1ncn[nH]1. The Morgan fingerprint density at radius 1 is 1.44 bits per heavy atom. The summed E-state index contributed by atoms with van der Waals surface area (Å²) in [5.74, 6) is -0.257. The highest BCUT2D eigenvalue weighted by atomic mass is 32.2. The zero-order chi connectivity index (χ0) is 11.4. The van der Waals surface area contributed by atoms with E-state index >= 15 is 0 Å². The molecular formula is C10H11FN4S. The molecule has 0 aliphatic rings. The molecule has 0 bridgehead atoms. The van der Waals surface area contributed by atoms with Gasteiger partial charge in [-0.25, -0.2) is 9.37 Å². The van der Waals surface area contributed by atoms with Gasteiger partial charge < -0.3 is 5.73 Å². The molecule has 0 amide bonds. The highest BCUT2D eigenvalue weighted by Gasteiger charge is 2.10. The Kier molecular flexibility index (Phi) is 3.53. The summed E-state index contributed by atoms with van der Waals surface area (Å²) in [7, 11) is 0. The summed E-state index contributed by atoms with van der Waals surface area (Å²) in [6.07, 6.45) is 2.04. The van der Waals surface area contributed by atoms with Crippen LogP contribution in [0.1, 0.15) is 5.56 Å². The van der Waals surface area contributed by atoms with Crippen LogP contribution in [-0.4, -0.2) is 21.7 Å². The van der Waals surface area contributed by atoms with Crippen molar-refractivity contribution >= 4 is 11.8 Å². The van der Waals surface area contributed by atoms with Crippen LogP contribution in [0, 0.1) is 5.82 Å². The molecule has 2 aromatic rings. The molecule has 0 saturated heterocycles. The van der Waals surface area contributed by atoms with Crippen LogP contribution in [0.4, 0.5) is 4.39 Å². The van der Waals surface area contributed by atoms with E-state index in [-0.39, 0.29) is 5.82 Å². The van der Waals surface area contributed by atoms with E-state index < -0.39 is 0 Å². The van der Waals surface area contributed by atoms with Gasteiger partial charge in [-0.1, -0.05) is 12.1 Å². The van der Waals surface area contributed by atoms with Crippen molar-refractivity contribution in [2.75, 3.05) is 6.54 Å². The van der Waals surface area contributed by atoms with E-state index in [0.29, 0.717) is 23.0 Å². The molecule has 0 spiro atoms. The third kappa shape index (κ3) is 2.40. The summed E-state index contributed by atoms with van der Waals surface area (Å²) in [5.41, 5.74) is 6.38. The first-order valence-electron chi connectivity index (χ1n) is 4.82. The first kappa shape index (κ1) is 11.1. The number of H-pyrrole nitrogens is 1. The minimum absolute atomic E-state index is 0.257. The van der Waals surface area contributed by atoms with Gasteiger partial charge >= 0.3 is 0 Å². The average molecular weight is 238 g/mol. The summed E-state index contributed by atoms with van der Waals surface area (Å²) in [6.45, 7) is 0.493. The largest absolute Gasteiger partial charge is 0.330 e. The lowest BCUT2D eigenvalue weighted by Gasteiger charge is -2.07. The van der Waals surface area contributed by atoms with Crippen molar-refractivity contribution < 1.29 is 4.39 Å². The van der Waals surface area contributed by atoms with Crippen LogP contribution in [0.25, 0.3) is 0 Å². The van der Waals surface area contributed by atoms with Gasteiger partial charge in [-0.2, -0.15) is 5.10 Å². The molecule has 0 unspecified atom stereocenters. The molecule has 0 saturated carbocycles. The van der Waals surface area contributed by atoms with Crippen LogP contribution in [-0.2, 0) is 6.42 Å². The van der Waals surface area contributed by atoms with Gasteiger partial charge in [-0.05, 0) is 36.4 Å². The maximum Gasteiger partial charge on any atom is 0.188 e. The summed E-state index contributed by atoms with van der Waals surface area (Å²) >= 11 is 1.23. The number of aromatic nitrogens is 3. The topological polar surface area (TPSA) is 67.6 Å². The lowest BCUT2D eigenvalue weighted by molar-refractivity contribution is 0.596. The summed E-state index contributed by atoms with van der Waals surface area (Å²) < 4.78 is 13.6. The minimum Gasteiger partial charge on any atom is -0.330 e. The van der Waals surface area contributed by atoms with Crippen molar-refractivity contribution in [1.29, 1.82) is 0 Å². The van der Waals surface area contributed by atoms with Crippen LogP contribution in [0.2, 0.25) is 0 Å². The summed E-state index contributed by atoms with van der Waals surface area (Å²) in [6, 6.07) is 4.98. The predicted octanol–water partition coefficient (Wildman–Crippen LogP) is 1.60.